The first-order valence-corrected chi connectivity index (χ1v) is 6.92. The number of hydrogen-bond donors (Lipinski definition) is 2. The van der Waals surface area contributed by atoms with Crippen molar-refractivity contribution in [2.45, 2.75) is 6.42 Å². The third-order valence-corrected chi connectivity index (χ3v) is 3.88. The Balaban J connectivity index is 2.05. The first-order valence-electron chi connectivity index (χ1n) is 6.10. The molecular weight excluding hydrogens is 296 g/mol. The van der Waals surface area contributed by atoms with Crippen LogP contribution < -0.4 is 15.8 Å². The zero-order chi connectivity index (χ0) is 15.4. The highest BCUT2D eigenvalue weighted by Crippen LogP contribution is 2.41. The molecule has 21 heavy (non-hydrogen) atoms. The number of ether oxygens (including phenoxy) is 1. The minimum atomic E-state index is -0.602. The average Bonchev–Trinajstić information content (AvgIpc) is 2.73. The molecule has 0 aliphatic heterocycles. The van der Waals surface area contributed by atoms with Gasteiger partial charge in [-0.2, -0.15) is 5.26 Å². The Kier molecular flexibility index (Phi) is 4.60. The summed E-state index contributed by atoms with van der Waals surface area (Å²) in [5.74, 6) is -0.786. The number of thiophene rings is 1. The van der Waals surface area contributed by atoms with E-state index < -0.39 is 11.6 Å². The van der Waals surface area contributed by atoms with Crippen LogP contribution in [0.4, 0.5) is 19.5 Å². The number of nitrogen functional groups attached to an aromatic ring is 1. The molecule has 2 aromatic rings. The van der Waals surface area contributed by atoms with Gasteiger partial charge in [0.15, 0.2) is 5.75 Å². The van der Waals surface area contributed by atoms with E-state index in [0.29, 0.717) is 39.8 Å². The zero-order valence-electron chi connectivity index (χ0n) is 11.2. The summed E-state index contributed by atoms with van der Waals surface area (Å²) in [6.07, 6.45) is 0.428. The summed E-state index contributed by atoms with van der Waals surface area (Å²) in [6.45, 7) is 0.435. The van der Waals surface area contributed by atoms with Gasteiger partial charge in [-0.05, 0) is 24.1 Å². The van der Waals surface area contributed by atoms with Gasteiger partial charge in [-0.25, -0.2) is 8.78 Å². The maximum Gasteiger partial charge on any atom is 0.177 e. The second-order valence-electron chi connectivity index (χ2n) is 4.27. The van der Waals surface area contributed by atoms with Gasteiger partial charge in [0.2, 0.25) is 0 Å². The van der Waals surface area contributed by atoms with Gasteiger partial charge in [0, 0.05) is 12.6 Å². The van der Waals surface area contributed by atoms with Gasteiger partial charge < -0.3 is 15.8 Å². The van der Waals surface area contributed by atoms with Crippen molar-refractivity contribution >= 4 is 22.0 Å². The molecule has 0 spiro atoms. The molecule has 0 amide bonds. The first-order chi connectivity index (χ1) is 10.0. The predicted octanol–water partition coefficient (Wildman–Crippen LogP) is 3.14. The highest BCUT2D eigenvalue weighted by molar-refractivity contribution is 7.17. The Labute approximate surface area is 124 Å². The number of nitriles is 1. The van der Waals surface area contributed by atoms with Crippen LogP contribution in [0.1, 0.15) is 10.4 Å². The van der Waals surface area contributed by atoms with Gasteiger partial charge in [-0.15, -0.1) is 11.3 Å². The fraction of sp³-hybridized carbons (Fsp3) is 0.214. The van der Waals surface area contributed by atoms with Crippen molar-refractivity contribution in [3.05, 3.63) is 40.3 Å². The van der Waals surface area contributed by atoms with Gasteiger partial charge >= 0.3 is 0 Å². The molecule has 1 aromatic heterocycles. The summed E-state index contributed by atoms with van der Waals surface area (Å²) in [4.78, 5) is 0.367. The molecule has 0 radical (unpaired) electrons. The SMILES string of the molecule is COc1c(NCCc2cc(F)cc(F)c2)sc(C#N)c1N. The fourth-order valence-corrected chi connectivity index (χ4v) is 2.82. The molecule has 110 valence electrons. The Morgan fingerprint density at radius 1 is 1.33 bits per heavy atom. The lowest BCUT2D eigenvalue weighted by molar-refractivity contribution is 0.420. The Hall–Kier alpha value is -2.33. The van der Waals surface area contributed by atoms with Crippen molar-refractivity contribution in [3.8, 4) is 11.8 Å². The van der Waals surface area contributed by atoms with Crippen LogP contribution in [0.25, 0.3) is 0 Å². The molecule has 1 heterocycles. The van der Waals surface area contributed by atoms with Gasteiger partial charge in [-0.1, -0.05) is 0 Å². The number of methoxy groups -OCH3 is 1. The molecule has 0 aliphatic rings. The highest BCUT2D eigenvalue weighted by atomic mass is 32.1. The molecule has 0 atom stereocenters. The number of hydrogen-bond acceptors (Lipinski definition) is 5. The highest BCUT2D eigenvalue weighted by Gasteiger charge is 2.16. The lowest BCUT2D eigenvalue weighted by Crippen LogP contribution is -2.05. The van der Waals surface area contributed by atoms with Crippen LogP contribution >= 0.6 is 11.3 Å². The van der Waals surface area contributed by atoms with E-state index in [4.69, 9.17) is 15.7 Å². The second-order valence-corrected chi connectivity index (χ2v) is 5.29. The molecule has 4 nitrogen and oxygen atoms in total. The van der Waals surface area contributed by atoms with Crippen LogP contribution in [-0.2, 0) is 6.42 Å². The first kappa shape index (κ1) is 15.1. The molecule has 2 rings (SSSR count). The quantitative estimate of drug-likeness (QED) is 0.890. The number of benzene rings is 1. The van der Waals surface area contributed by atoms with Crippen LogP contribution in [0.2, 0.25) is 0 Å². The largest absolute Gasteiger partial charge is 0.492 e. The van der Waals surface area contributed by atoms with Gasteiger partial charge in [0.1, 0.15) is 33.3 Å². The molecule has 0 bridgehead atoms. The zero-order valence-corrected chi connectivity index (χ0v) is 12.1. The summed E-state index contributed by atoms with van der Waals surface area (Å²) in [6, 6.07) is 5.39. The van der Waals surface area contributed by atoms with Crippen LogP contribution in [0, 0.1) is 23.0 Å². The summed E-state index contributed by atoms with van der Waals surface area (Å²) in [7, 11) is 1.46. The smallest absolute Gasteiger partial charge is 0.177 e. The third-order valence-electron chi connectivity index (χ3n) is 2.83. The predicted molar refractivity (Wildman–Crippen MR) is 78.6 cm³/mol. The fourth-order valence-electron chi connectivity index (χ4n) is 1.91. The molecule has 0 aliphatic carbocycles. The second kappa shape index (κ2) is 6.41. The van der Waals surface area contributed by atoms with E-state index in [-0.39, 0.29) is 0 Å². The van der Waals surface area contributed by atoms with Crippen molar-refractivity contribution in [2.75, 3.05) is 24.7 Å². The monoisotopic (exact) mass is 309 g/mol. The molecule has 0 saturated heterocycles. The van der Waals surface area contributed by atoms with Crippen LogP contribution in [0.3, 0.4) is 0 Å². The van der Waals surface area contributed by atoms with E-state index in [1.807, 2.05) is 6.07 Å². The topological polar surface area (TPSA) is 71.1 Å². The molecule has 0 unspecified atom stereocenters. The summed E-state index contributed by atoms with van der Waals surface area (Å²) >= 11 is 1.18. The van der Waals surface area contributed by atoms with Gasteiger partial charge in [-0.3, -0.25) is 0 Å². The summed E-state index contributed by atoms with van der Waals surface area (Å²) in [5, 5.41) is 12.6. The van der Waals surface area contributed by atoms with E-state index in [1.54, 1.807) is 0 Å². The Morgan fingerprint density at radius 2 is 2.00 bits per heavy atom. The standard InChI is InChI=1S/C14H13F2N3OS/c1-20-13-12(18)11(7-17)21-14(13)19-3-2-8-4-9(15)6-10(16)5-8/h4-6,19H,2-3,18H2,1H3. The average molecular weight is 309 g/mol. The number of halogens is 2. The number of anilines is 2. The van der Waals surface area contributed by atoms with E-state index in [1.165, 1.54) is 30.6 Å². The summed E-state index contributed by atoms with van der Waals surface area (Å²) < 4.78 is 31.3. The summed E-state index contributed by atoms with van der Waals surface area (Å²) in [5.41, 5.74) is 6.61. The van der Waals surface area contributed by atoms with Crippen LogP contribution in [0.15, 0.2) is 18.2 Å². The van der Waals surface area contributed by atoms with E-state index in [2.05, 4.69) is 5.32 Å². The molecule has 0 saturated carbocycles. The lowest BCUT2D eigenvalue weighted by atomic mass is 10.1. The Morgan fingerprint density at radius 3 is 2.57 bits per heavy atom. The van der Waals surface area contributed by atoms with Crippen molar-refractivity contribution < 1.29 is 13.5 Å². The third kappa shape index (κ3) is 3.41. The Bertz CT molecular complexity index is 674. The van der Waals surface area contributed by atoms with Crippen LogP contribution in [0.5, 0.6) is 5.75 Å². The van der Waals surface area contributed by atoms with Crippen molar-refractivity contribution in [1.29, 1.82) is 5.26 Å². The lowest BCUT2D eigenvalue weighted by Gasteiger charge is -2.07. The number of nitrogens with zero attached hydrogens (tertiary/aromatic N) is 1. The maximum atomic E-state index is 13.1. The van der Waals surface area contributed by atoms with Crippen molar-refractivity contribution in [1.82, 2.24) is 0 Å². The molecular formula is C14H13F2N3OS. The maximum absolute atomic E-state index is 13.1. The normalized spacial score (nSPS) is 10.2. The minimum Gasteiger partial charge on any atom is -0.492 e. The van der Waals surface area contributed by atoms with Gasteiger partial charge in [0.25, 0.3) is 0 Å². The minimum absolute atomic E-state index is 0.296. The van der Waals surface area contributed by atoms with E-state index in [9.17, 15) is 8.78 Å². The van der Waals surface area contributed by atoms with Crippen molar-refractivity contribution in [2.24, 2.45) is 0 Å². The molecule has 3 N–H and O–H groups in total. The van der Waals surface area contributed by atoms with Gasteiger partial charge in [0.05, 0.1) is 7.11 Å². The molecule has 0 fully saturated rings. The number of rotatable bonds is 5. The number of nitrogens with one attached hydrogen (secondary N) is 1. The van der Waals surface area contributed by atoms with E-state index in [0.717, 1.165) is 6.07 Å². The van der Waals surface area contributed by atoms with Crippen molar-refractivity contribution in [3.63, 3.8) is 0 Å². The number of nitrogens with two attached hydrogens (primary N) is 1. The van der Waals surface area contributed by atoms with Crippen LogP contribution in [-0.4, -0.2) is 13.7 Å². The van der Waals surface area contributed by atoms with E-state index >= 15 is 0 Å². The molecule has 1 aromatic carbocycles. The molecule has 7 heteroatoms.